The van der Waals surface area contributed by atoms with Crippen LogP contribution in [0.4, 0.5) is 19.0 Å². The van der Waals surface area contributed by atoms with Crippen molar-refractivity contribution in [2.24, 2.45) is 0 Å². The topological polar surface area (TPSA) is 91.6 Å². The number of hydrogen-bond donors (Lipinski definition) is 0. The van der Waals surface area contributed by atoms with Crippen LogP contribution in [0.25, 0.3) is 0 Å². The van der Waals surface area contributed by atoms with Gasteiger partial charge in [-0.2, -0.15) is 0 Å². The molecule has 0 unspecified atom stereocenters. The van der Waals surface area contributed by atoms with E-state index in [-0.39, 0.29) is 15.9 Å². The highest BCUT2D eigenvalue weighted by atomic mass is 127. The summed E-state index contributed by atoms with van der Waals surface area (Å²) in [6.45, 7) is 1.58. The molecule has 0 atom stereocenters. The summed E-state index contributed by atoms with van der Waals surface area (Å²) in [7, 11) is 0. The first-order chi connectivity index (χ1) is 9.64. The van der Waals surface area contributed by atoms with Gasteiger partial charge in [0.2, 0.25) is 3.70 Å². The SMILES string of the molecule is CCOC(=O)Cc1c(OC(F)(F)F)cc([N+](=O)[O-])nc1I. The smallest absolute Gasteiger partial charge is 0.466 e. The van der Waals surface area contributed by atoms with Gasteiger partial charge < -0.3 is 19.6 Å². The third kappa shape index (κ3) is 5.32. The van der Waals surface area contributed by atoms with Crippen molar-refractivity contribution in [2.75, 3.05) is 6.61 Å². The highest BCUT2D eigenvalue weighted by Gasteiger charge is 2.35. The molecule has 21 heavy (non-hydrogen) atoms. The zero-order valence-corrected chi connectivity index (χ0v) is 12.6. The predicted octanol–water partition coefficient (Wildman–Crippen LogP) is 2.60. The molecule has 0 aliphatic carbocycles. The van der Waals surface area contributed by atoms with Gasteiger partial charge in [-0.25, -0.2) is 0 Å². The standard InChI is InChI=1S/C10H8F3IN2O5/c1-2-20-8(17)3-5-6(21-10(11,12)13)4-7(16(18)19)15-9(5)14/h4H,2-3H2,1H3. The average Bonchev–Trinajstić information content (AvgIpc) is 2.31. The molecule has 1 aromatic rings. The van der Waals surface area contributed by atoms with Gasteiger partial charge in [0.15, 0.2) is 0 Å². The average molecular weight is 420 g/mol. The minimum absolute atomic E-state index is 0.0469. The Morgan fingerprint density at radius 3 is 2.62 bits per heavy atom. The van der Waals surface area contributed by atoms with E-state index in [9.17, 15) is 28.1 Å². The van der Waals surface area contributed by atoms with E-state index in [1.54, 1.807) is 0 Å². The number of halogens is 4. The lowest BCUT2D eigenvalue weighted by Crippen LogP contribution is -2.20. The summed E-state index contributed by atoms with van der Waals surface area (Å²) in [5, 5.41) is 10.6. The second-order valence-corrected chi connectivity index (χ2v) is 4.56. The van der Waals surface area contributed by atoms with E-state index < -0.39 is 35.2 Å². The van der Waals surface area contributed by atoms with Gasteiger partial charge in [0.25, 0.3) is 0 Å². The summed E-state index contributed by atoms with van der Waals surface area (Å²) in [6, 6.07) is 0.518. The fourth-order valence-electron chi connectivity index (χ4n) is 1.33. The first-order valence-electron chi connectivity index (χ1n) is 5.39. The lowest BCUT2D eigenvalue weighted by molar-refractivity contribution is -0.389. The number of alkyl halides is 3. The molecule has 0 N–H and O–H groups in total. The summed E-state index contributed by atoms with van der Waals surface area (Å²) >= 11 is 1.49. The fourth-order valence-corrected chi connectivity index (χ4v) is 2.04. The van der Waals surface area contributed by atoms with Crippen LogP contribution in [-0.2, 0) is 16.0 Å². The van der Waals surface area contributed by atoms with Crippen LogP contribution in [0.5, 0.6) is 5.75 Å². The van der Waals surface area contributed by atoms with Crippen LogP contribution in [0.15, 0.2) is 6.07 Å². The van der Waals surface area contributed by atoms with Crippen molar-refractivity contribution in [2.45, 2.75) is 19.7 Å². The number of pyridine rings is 1. The van der Waals surface area contributed by atoms with Crippen LogP contribution >= 0.6 is 22.6 Å². The maximum absolute atomic E-state index is 12.3. The van der Waals surface area contributed by atoms with E-state index in [0.717, 1.165) is 0 Å². The maximum atomic E-state index is 12.3. The van der Waals surface area contributed by atoms with E-state index in [1.807, 2.05) is 0 Å². The van der Waals surface area contributed by atoms with Crippen LogP contribution < -0.4 is 4.74 Å². The fraction of sp³-hybridized carbons (Fsp3) is 0.400. The van der Waals surface area contributed by atoms with Gasteiger partial charge in [-0.15, -0.1) is 13.2 Å². The van der Waals surface area contributed by atoms with Gasteiger partial charge in [0, 0.05) is 22.6 Å². The van der Waals surface area contributed by atoms with E-state index in [0.29, 0.717) is 6.07 Å². The molecule has 1 rings (SSSR count). The van der Waals surface area contributed by atoms with Crippen LogP contribution in [-0.4, -0.2) is 28.8 Å². The lowest BCUT2D eigenvalue weighted by atomic mass is 10.2. The molecule has 0 aromatic carbocycles. The normalized spacial score (nSPS) is 11.1. The van der Waals surface area contributed by atoms with Gasteiger partial charge in [-0.05, 0) is 16.8 Å². The Kier molecular flexibility index (Phi) is 5.69. The minimum Gasteiger partial charge on any atom is -0.466 e. The van der Waals surface area contributed by atoms with Crippen molar-refractivity contribution in [1.82, 2.24) is 4.98 Å². The molecular formula is C10H8F3IN2O5. The molecule has 0 aliphatic rings. The molecule has 0 saturated carbocycles. The first kappa shape index (κ1) is 17.4. The number of carbonyl (C=O) groups is 1. The van der Waals surface area contributed by atoms with Gasteiger partial charge in [0.1, 0.15) is 5.75 Å². The Balaban J connectivity index is 3.25. The summed E-state index contributed by atoms with van der Waals surface area (Å²) < 4.78 is 45.2. The second kappa shape index (κ2) is 6.87. The molecule has 0 fully saturated rings. The lowest BCUT2D eigenvalue weighted by Gasteiger charge is -2.12. The molecule has 1 aromatic heterocycles. The third-order valence-corrected chi connectivity index (χ3v) is 2.95. The van der Waals surface area contributed by atoms with E-state index in [1.165, 1.54) is 29.5 Å². The highest BCUT2D eigenvalue weighted by Crippen LogP contribution is 2.32. The Hall–Kier alpha value is -1.66. The van der Waals surface area contributed by atoms with Crippen molar-refractivity contribution in [3.8, 4) is 5.75 Å². The number of nitrogens with zero attached hydrogens (tertiary/aromatic N) is 2. The van der Waals surface area contributed by atoms with Gasteiger partial charge >= 0.3 is 18.1 Å². The van der Waals surface area contributed by atoms with Crippen LogP contribution in [0, 0.1) is 13.8 Å². The Morgan fingerprint density at radius 2 is 2.14 bits per heavy atom. The van der Waals surface area contributed by atoms with Crippen LogP contribution in [0.1, 0.15) is 12.5 Å². The zero-order valence-electron chi connectivity index (χ0n) is 10.4. The number of aromatic nitrogens is 1. The van der Waals surface area contributed by atoms with E-state index >= 15 is 0 Å². The Bertz CT molecular complexity index is 564. The van der Waals surface area contributed by atoms with Crippen LogP contribution in [0.2, 0.25) is 0 Å². The van der Waals surface area contributed by atoms with E-state index in [2.05, 4.69) is 14.5 Å². The summed E-state index contributed by atoms with van der Waals surface area (Å²) in [5.41, 5.74) is -0.225. The molecule has 0 saturated heterocycles. The summed E-state index contributed by atoms with van der Waals surface area (Å²) in [6.07, 6.45) is -5.59. The number of ether oxygens (including phenoxy) is 2. The van der Waals surface area contributed by atoms with Gasteiger partial charge in [0.05, 0.1) is 24.7 Å². The Labute approximate surface area is 129 Å². The number of rotatable bonds is 5. The van der Waals surface area contributed by atoms with Crippen molar-refractivity contribution >= 4 is 34.4 Å². The third-order valence-electron chi connectivity index (χ3n) is 2.06. The number of esters is 1. The number of hydrogen-bond acceptors (Lipinski definition) is 6. The quantitative estimate of drug-likeness (QED) is 0.239. The zero-order chi connectivity index (χ0) is 16.2. The molecule has 0 radical (unpaired) electrons. The first-order valence-corrected chi connectivity index (χ1v) is 6.47. The van der Waals surface area contributed by atoms with Crippen molar-refractivity contribution in [3.63, 3.8) is 0 Å². The highest BCUT2D eigenvalue weighted by molar-refractivity contribution is 14.1. The van der Waals surface area contributed by atoms with Crippen molar-refractivity contribution in [3.05, 3.63) is 25.4 Å². The predicted molar refractivity (Wildman–Crippen MR) is 70.6 cm³/mol. The summed E-state index contributed by atoms with van der Waals surface area (Å²) in [4.78, 5) is 24.5. The number of nitro groups is 1. The van der Waals surface area contributed by atoms with Gasteiger partial charge in [-0.3, -0.25) is 4.79 Å². The molecule has 11 heteroatoms. The minimum atomic E-state index is -5.05. The maximum Gasteiger partial charge on any atom is 0.573 e. The van der Waals surface area contributed by atoms with Gasteiger partial charge in [-0.1, -0.05) is 0 Å². The summed E-state index contributed by atoms with van der Waals surface area (Å²) in [5.74, 6) is -2.45. The molecule has 0 aliphatic heterocycles. The monoisotopic (exact) mass is 420 g/mol. The largest absolute Gasteiger partial charge is 0.573 e. The number of carbonyl (C=O) groups excluding carboxylic acids is 1. The Morgan fingerprint density at radius 1 is 1.52 bits per heavy atom. The molecular weight excluding hydrogens is 412 g/mol. The molecule has 116 valence electrons. The van der Waals surface area contributed by atoms with E-state index in [4.69, 9.17) is 0 Å². The molecule has 1 heterocycles. The second-order valence-electron chi connectivity index (χ2n) is 3.53. The molecule has 0 bridgehead atoms. The van der Waals surface area contributed by atoms with Crippen LogP contribution in [0.3, 0.4) is 0 Å². The molecule has 0 spiro atoms. The van der Waals surface area contributed by atoms with Crippen molar-refractivity contribution < 1.29 is 32.4 Å². The molecule has 7 nitrogen and oxygen atoms in total. The molecule has 0 amide bonds. The van der Waals surface area contributed by atoms with Crippen molar-refractivity contribution in [1.29, 1.82) is 0 Å².